The Labute approximate surface area is 95.7 Å². The van der Waals surface area contributed by atoms with Crippen LogP contribution in [0.2, 0.25) is 0 Å². The molecule has 1 saturated carbocycles. The third-order valence-electron chi connectivity index (χ3n) is 3.00. The molecular formula is C10H17N3O2S. The second-order valence-corrected chi connectivity index (χ2v) is 6.00. The molecule has 1 aliphatic rings. The minimum Gasteiger partial charge on any atom is -0.281 e. The van der Waals surface area contributed by atoms with Gasteiger partial charge in [-0.05, 0) is 19.8 Å². The number of aromatic amines is 1. The van der Waals surface area contributed by atoms with Gasteiger partial charge in [-0.1, -0.05) is 19.3 Å². The molecule has 0 aliphatic heterocycles. The number of nitrogens with zero attached hydrogens (tertiary/aromatic N) is 1. The van der Waals surface area contributed by atoms with Crippen molar-refractivity contribution in [1.82, 2.24) is 14.9 Å². The Morgan fingerprint density at radius 1 is 1.38 bits per heavy atom. The second kappa shape index (κ2) is 4.55. The van der Waals surface area contributed by atoms with E-state index in [1.54, 1.807) is 6.92 Å². The lowest BCUT2D eigenvalue weighted by atomic mass is 9.96. The number of H-pyrrole nitrogens is 1. The zero-order valence-electron chi connectivity index (χ0n) is 9.36. The van der Waals surface area contributed by atoms with Gasteiger partial charge in [-0.3, -0.25) is 5.10 Å². The number of sulfonamides is 1. The molecule has 0 amide bonds. The Morgan fingerprint density at radius 3 is 2.62 bits per heavy atom. The first-order valence-corrected chi connectivity index (χ1v) is 7.10. The summed E-state index contributed by atoms with van der Waals surface area (Å²) < 4.78 is 26.8. The van der Waals surface area contributed by atoms with Gasteiger partial charge in [0.25, 0.3) is 0 Å². The van der Waals surface area contributed by atoms with Gasteiger partial charge in [0, 0.05) is 6.04 Å². The molecule has 5 nitrogen and oxygen atoms in total. The van der Waals surface area contributed by atoms with E-state index in [0.29, 0.717) is 5.69 Å². The quantitative estimate of drug-likeness (QED) is 0.841. The minimum atomic E-state index is -3.39. The molecule has 1 aromatic heterocycles. The predicted molar refractivity (Wildman–Crippen MR) is 60.5 cm³/mol. The lowest BCUT2D eigenvalue weighted by Crippen LogP contribution is -2.36. The van der Waals surface area contributed by atoms with Gasteiger partial charge in [0.1, 0.15) is 4.90 Å². The highest BCUT2D eigenvalue weighted by atomic mass is 32.2. The second-order valence-electron chi connectivity index (χ2n) is 4.32. The van der Waals surface area contributed by atoms with Crippen molar-refractivity contribution in [3.63, 3.8) is 0 Å². The van der Waals surface area contributed by atoms with Gasteiger partial charge in [-0.25, -0.2) is 13.1 Å². The SMILES string of the molecule is Cc1[nH]ncc1S(=O)(=O)NC1CCCCC1. The van der Waals surface area contributed by atoms with Crippen molar-refractivity contribution in [3.8, 4) is 0 Å². The summed E-state index contributed by atoms with van der Waals surface area (Å²) in [7, 11) is -3.39. The van der Waals surface area contributed by atoms with Gasteiger partial charge in [0.2, 0.25) is 10.0 Å². The molecule has 6 heteroatoms. The van der Waals surface area contributed by atoms with Crippen LogP contribution in [-0.2, 0) is 10.0 Å². The molecule has 2 rings (SSSR count). The van der Waals surface area contributed by atoms with Crippen LogP contribution in [0, 0.1) is 6.92 Å². The molecule has 90 valence electrons. The van der Waals surface area contributed by atoms with E-state index in [-0.39, 0.29) is 10.9 Å². The van der Waals surface area contributed by atoms with E-state index in [1.807, 2.05) is 0 Å². The van der Waals surface area contributed by atoms with E-state index in [2.05, 4.69) is 14.9 Å². The first kappa shape index (κ1) is 11.6. The first-order chi connectivity index (χ1) is 7.59. The van der Waals surface area contributed by atoms with Crippen molar-refractivity contribution in [2.24, 2.45) is 0 Å². The molecule has 0 spiro atoms. The number of nitrogens with one attached hydrogen (secondary N) is 2. The van der Waals surface area contributed by atoms with Crippen LogP contribution in [0.5, 0.6) is 0 Å². The average Bonchev–Trinajstić information content (AvgIpc) is 2.66. The molecular weight excluding hydrogens is 226 g/mol. The largest absolute Gasteiger partial charge is 0.281 e. The van der Waals surface area contributed by atoms with Crippen LogP contribution in [0.15, 0.2) is 11.1 Å². The molecule has 0 radical (unpaired) electrons. The Kier molecular flexibility index (Phi) is 3.30. The standard InChI is InChI=1S/C10H17N3O2S/c1-8-10(7-11-12-8)16(14,15)13-9-5-3-2-4-6-9/h7,9,13H,2-6H2,1H3,(H,11,12). The summed E-state index contributed by atoms with van der Waals surface area (Å²) in [6.45, 7) is 1.71. The van der Waals surface area contributed by atoms with Crippen molar-refractivity contribution < 1.29 is 8.42 Å². The zero-order chi connectivity index (χ0) is 11.6. The monoisotopic (exact) mass is 243 g/mol. The number of aryl methyl sites for hydroxylation is 1. The Morgan fingerprint density at radius 2 is 2.06 bits per heavy atom. The summed E-state index contributed by atoms with van der Waals surface area (Å²) in [6.07, 6.45) is 6.67. The summed E-state index contributed by atoms with van der Waals surface area (Å²) >= 11 is 0. The highest BCUT2D eigenvalue weighted by molar-refractivity contribution is 7.89. The van der Waals surface area contributed by atoms with Gasteiger partial charge < -0.3 is 0 Å². The van der Waals surface area contributed by atoms with Crippen molar-refractivity contribution in [2.75, 3.05) is 0 Å². The summed E-state index contributed by atoms with van der Waals surface area (Å²) in [5.74, 6) is 0. The van der Waals surface area contributed by atoms with Crippen molar-refractivity contribution in [2.45, 2.75) is 50.0 Å². The molecule has 0 unspecified atom stereocenters. The first-order valence-electron chi connectivity index (χ1n) is 5.62. The van der Waals surface area contributed by atoms with Crippen molar-refractivity contribution in [1.29, 1.82) is 0 Å². The Hall–Kier alpha value is -0.880. The zero-order valence-corrected chi connectivity index (χ0v) is 10.2. The highest BCUT2D eigenvalue weighted by Gasteiger charge is 2.23. The molecule has 0 atom stereocenters. The third-order valence-corrected chi connectivity index (χ3v) is 4.63. The molecule has 1 aromatic rings. The highest BCUT2D eigenvalue weighted by Crippen LogP contribution is 2.20. The van der Waals surface area contributed by atoms with Crippen LogP contribution in [0.25, 0.3) is 0 Å². The van der Waals surface area contributed by atoms with Crippen molar-refractivity contribution >= 4 is 10.0 Å². The molecule has 1 fully saturated rings. The topological polar surface area (TPSA) is 74.8 Å². The molecule has 2 N–H and O–H groups in total. The van der Waals surface area contributed by atoms with Gasteiger partial charge in [-0.2, -0.15) is 5.10 Å². The van der Waals surface area contributed by atoms with Crippen LogP contribution in [-0.4, -0.2) is 24.7 Å². The van der Waals surface area contributed by atoms with Gasteiger partial charge in [-0.15, -0.1) is 0 Å². The van der Waals surface area contributed by atoms with E-state index in [4.69, 9.17) is 0 Å². The molecule has 1 aliphatic carbocycles. The van der Waals surface area contributed by atoms with Crippen LogP contribution >= 0.6 is 0 Å². The van der Waals surface area contributed by atoms with Gasteiger partial charge in [0.05, 0.1) is 11.9 Å². The van der Waals surface area contributed by atoms with Crippen LogP contribution in [0.3, 0.4) is 0 Å². The Bertz CT molecular complexity index is 446. The molecule has 0 bridgehead atoms. The van der Waals surface area contributed by atoms with E-state index < -0.39 is 10.0 Å². The van der Waals surface area contributed by atoms with Gasteiger partial charge in [0.15, 0.2) is 0 Å². The van der Waals surface area contributed by atoms with E-state index in [1.165, 1.54) is 12.6 Å². The normalized spacial score (nSPS) is 18.8. The fraction of sp³-hybridized carbons (Fsp3) is 0.700. The third kappa shape index (κ3) is 2.44. The number of hydrogen-bond acceptors (Lipinski definition) is 3. The summed E-state index contributed by atoms with van der Waals surface area (Å²) in [5, 5.41) is 6.38. The maximum Gasteiger partial charge on any atom is 0.244 e. The fourth-order valence-corrected chi connectivity index (χ4v) is 3.56. The van der Waals surface area contributed by atoms with Gasteiger partial charge >= 0.3 is 0 Å². The maximum atomic E-state index is 12.0. The average molecular weight is 243 g/mol. The fourth-order valence-electron chi connectivity index (χ4n) is 2.11. The van der Waals surface area contributed by atoms with Crippen LogP contribution in [0.1, 0.15) is 37.8 Å². The lowest BCUT2D eigenvalue weighted by molar-refractivity contribution is 0.412. The number of aromatic nitrogens is 2. The number of rotatable bonds is 3. The molecule has 0 aromatic carbocycles. The van der Waals surface area contributed by atoms with E-state index >= 15 is 0 Å². The number of hydrogen-bond donors (Lipinski definition) is 2. The molecule has 0 saturated heterocycles. The van der Waals surface area contributed by atoms with E-state index in [0.717, 1.165) is 25.7 Å². The van der Waals surface area contributed by atoms with E-state index in [9.17, 15) is 8.42 Å². The van der Waals surface area contributed by atoms with Crippen molar-refractivity contribution in [3.05, 3.63) is 11.9 Å². The van der Waals surface area contributed by atoms with Crippen LogP contribution in [0.4, 0.5) is 0 Å². The molecule has 16 heavy (non-hydrogen) atoms. The smallest absolute Gasteiger partial charge is 0.244 e. The minimum absolute atomic E-state index is 0.0908. The summed E-state index contributed by atoms with van der Waals surface area (Å²) in [5.41, 5.74) is 0.586. The maximum absolute atomic E-state index is 12.0. The summed E-state index contributed by atoms with van der Waals surface area (Å²) in [6, 6.07) is 0.0908. The Balaban J connectivity index is 2.11. The van der Waals surface area contributed by atoms with Crippen LogP contribution < -0.4 is 4.72 Å². The summed E-state index contributed by atoms with van der Waals surface area (Å²) in [4.78, 5) is 0.262. The molecule has 1 heterocycles. The lowest BCUT2D eigenvalue weighted by Gasteiger charge is -2.22. The predicted octanol–water partition coefficient (Wildman–Crippen LogP) is 1.33.